The van der Waals surface area contributed by atoms with Crippen molar-refractivity contribution >= 4 is 27.3 Å². The SMILES string of the molecule is COCc1cc(Br)cnc1[C@@H](CC1CCOCC1)N[S+]([O-])C(C)(C)C. The van der Waals surface area contributed by atoms with Crippen LogP contribution in [0, 0.1) is 5.92 Å². The maximum absolute atomic E-state index is 12.7. The standard InChI is InChI=1S/C18H29BrN2O3S/c1-18(2,3)25(22)21-16(9-13-5-7-24-8-6-13)17-14(12-23-4)10-15(19)11-20-17/h10-11,13,16,21H,5-9,12H2,1-4H3/t16-,25?/m1/s1. The van der Waals surface area contributed by atoms with Gasteiger partial charge in [-0.15, -0.1) is 4.72 Å². The fourth-order valence-electron chi connectivity index (χ4n) is 2.91. The first-order valence-electron chi connectivity index (χ1n) is 8.70. The van der Waals surface area contributed by atoms with Crippen molar-refractivity contribution in [2.45, 2.75) is 57.4 Å². The van der Waals surface area contributed by atoms with Crippen molar-refractivity contribution in [3.8, 4) is 0 Å². The Balaban J connectivity index is 2.26. The first kappa shape index (κ1) is 21.1. The molecule has 2 atom stereocenters. The van der Waals surface area contributed by atoms with Crippen LogP contribution in [0.5, 0.6) is 0 Å². The summed E-state index contributed by atoms with van der Waals surface area (Å²) in [7, 11) is 1.68. The molecule has 0 bridgehead atoms. The van der Waals surface area contributed by atoms with Gasteiger partial charge in [0.05, 0.1) is 18.3 Å². The summed E-state index contributed by atoms with van der Waals surface area (Å²) in [5, 5.41) is 0. The highest BCUT2D eigenvalue weighted by atomic mass is 79.9. The lowest BCUT2D eigenvalue weighted by atomic mass is 9.90. The maximum Gasteiger partial charge on any atom is 0.136 e. The number of ether oxygens (including phenoxy) is 2. The van der Waals surface area contributed by atoms with Crippen molar-refractivity contribution in [1.82, 2.24) is 9.71 Å². The van der Waals surface area contributed by atoms with E-state index in [-0.39, 0.29) is 10.8 Å². The third-order valence-corrected chi connectivity index (χ3v) is 6.36. The highest BCUT2D eigenvalue weighted by molar-refractivity contribution is 9.10. The summed E-state index contributed by atoms with van der Waals surface area (Å²) < 4.78 is 27.5. The number of hydrogen-bond acceptors (Lipinski definition) is 5. The summed E-state index contributed by atoms with van der Waals surface area (Å²) in [5.74, 6) is 0.545. The van der Waals surface area contributed by atoms with E-state index in [4.69, 9.17) is 9.47 Å². The van der Waals surface area contributed by atoms with Crippen LogP contribution in [-0.4, -0.2) is 34.6 Å². The van der Waals surface area contributed by atoms with Crippen LogP contribution in [-0.2, 0) is 27.4 Å². The van der Waals surface area contributed by atoms with Crippen molar-refractivity contribution in [2.24, 2.45) is 5.92 Å². The highest BCUT2D eigenvalue weighted by Crippen LogP contribution is 2.31. The molecule has 1 fully saturated rings. The van der Waals surface area contributed by atoms with Crippen LogP contribution in [0.15, 0.2) is 16.7 Å². The Bertz CT molecular complexity index is 548. The Morgan fingerprint density at radius 2 is 2.12 bits per heavy atom. The van der Waals surface area contributed by atoms with Crippen LogP contribution < -0.4 is 4.72 Å². The third kappa shape index (κ3) is 6.48. The number of nitrogens with zero attached hydrogens (tertiary/aromatic N) is 1. The molecule has 5 nitrogen and oxygen atoms in total. The number of nitrogens with one attached hydrogen (secondary N) is 1. The zero-order chi connectivity index (χ0) is 18.4. The second-order valence-electron chi connectivity index (χ2n) is 7.47. The van der Waals surface area contributed by atoms with Crippen molar-refractivity contribution in [3.63, 3.8) is 0 Å². The molecule has 1 aromatic rings. The first-order valence-corrected chi connectivity index (χ1v) is 10.6. The van der Waals surface area contributed by atoms with Crippen LogP contribution in [0.1, 0.15) is 57.3 Å². The summed E-state index contributed by atoms with van der Waals surface area (Å²) in [6.45, 7) is 8.03. The average molecular weight is 433 g/mol. The van der Waals surface area contributed by atoms with Gasteiger partial charge in [0.25, 0.3) is 0 Å². The number of methoxy groups -OCH3 is 1. The van der Waals surface area contributed by atoms with Crippen molar-refractivity contribution in [2.75, 3.05) is 20.3 Å². The number of hydrogen-bond donors (Lipinski definition) is 1. The predicted octanol–water partition coefficient (Wildman–Crippen LogP) is 3.90. The average Bonchev–Trinajstić information content (AvgIpc) is 2.55. The van der Waals surface area contributed by atoms with E-state index in [0.29, 0.717) is 12.5 Å². The summed E-state index contributed by atoms with van der Waals surface area (Å²) in [5.41, 5.74) is 1.95. The Morgan fingerprint density at radius 1 is 1.44 bits per heavy atom. The quantitative estimate of drug-likeness (QED) is 0.661. The Kier molecular flexibility index (Phi) is 8.17. The van der Waals surface area contributed by atoms with E-state index in [1.54, 1.807) is 13.3 Å². The molecule has 0 spiro atoms. The molecule has 1 aliphatic heterocycles. The lowest BCUT2D eigenvalue weighted by molar-refractivity contribution is 0.0610. The summed E-state index contributed by atoms with van der Waals surface area (Å²) in [6.07, 6.45) is 4.77. The first-order chi connectivity index (χ1) is 11.8. The van der Waals surface area contributed by atoms with Gasteiger partial charge in [0.1, 0.15) is 4.75 Å². The van der Waals surface area contributed by atoms with Gasteiger partial charge >= 0.3 is 0 Å². The molecule has 1 aliphatic rings. The van der Waals surface area contributed by atoms with Crippen molar-refractivity contribution < 1.29 is 14.0 Å². The topological polar surface area (TPSA) is 66.4 Å². The second kappa shape index (κ2) is 9.67. The molecule has 1 aromatic heterocycles. The molecule has 1 saturated heterocycles. The van der Waals surface area contributed by atoms with Crippen LogP contribution >= 0.6 is 15.9 Å². The molecule has 0 aromatic carbocycles. The van der Waals surface area contributed by atoms with Gasteiger partial charge in [0.2, 0.25) is 0 Å². The number of halogens is 1. The smallest absolute Gasteiger partial charge is 0.136 e. The van der Waals surface area contributed by atoms with Gasteiger partial charge in [0, 0.05) is 47.9 Å². The minimum absolute atomic E-state index is 0.0681. The van der Waals surface area contributed by atoms with Gasteiger partial charge < -0.3 is 14.0 Å². The lowest BCUT2D eigenvalue weighted by Gasteiger charge is -2.31. The molecule has 1 unspecified atom stereocenters. The Hall–Kier alpha value is -0.180. The maximum atomic E-state index is 12.7. The molecule has 142 valence electrons. The van der Waals surface area contributed by atoms with E-state index in [2.05, 4.69) is 25.6 Å². The predicted molar refractivity (Wildman–Crippen MR) is 105 cm³/mol. The van der Waals surface area contributed by atoms with E-state index >= 15 is 0 Å². The summed E-state index contributed by atoms with van der Waals surface area (Å²) in [6, 6.07) is 1.96. The van der Waals surface area contributed by atoms with E-state index in [1.807, 2.05) is 26.8 Å². The van der Waals surface area contributed by atoms with E-state index < -0.39 is 11.4 Å². The van der Waals surface area contributed by atoms with Crippen LogP contribution in [0.25, 0.3) is 0 Å². The molecular weight excluding hydrogens is 404 g/mol. The number of pyridine rings is 1. The van der Waals surface area contributed by atoms with Gasteiger partial charge in [-0.3, -0.25) is 4.98 Å². The third-order valence-electron chi connectivity index (χ3n) is 4.31. The number of rotatable bonds is 7. The van der Waals surface area contributed by atoms with Gasteiger partial charge in [0.15, 0.2) is 0 Å². The molecule has 1 N–H and O–H groups in total. The van der Waals surface area contributed by atoms with E-state index in [1.165, 1.54) is 0 Å². The summed E-state index contributed by atoms with van der Waals surface area (Å²) >= 11 is 2.32. The molecule has 2 heterocycles. The van der Waals surface area contributed by atoms with E-state index in [9.17, 15) is 4.55 Å². The van der Waals surface area contributed by atoms with Gasteiger partial charge in [-0.2, -0.15) is 0 Å². The van der Waals surface area contributed by atoms with Gasteiger partial charge in [-0.25, -0.2) is 0 Å². The Morgan fingerprint density at radius 3 is 2.72 bits per heavy atom. The van der Waals surface area contributed by atoms with E-state index in [0.717, 1.165) is 48.2 Å². The molecule has 25 heavy (non-hydrogen) atoms. The molecule has 0 saturated carbocycles. The lowest BCUT2D eigenvalue weighted by Crippen LogP contribution is -2.42. The molecule has 7 heteroatoms. The zero-order valence-electron chi connectivity index (χ0n) is 15.5. The van der Waals surface area contributed by atoms with Gasteiger partial charge in [-0.05, 0) is 67.9 Å². The monoisotopic (exact) mass is 432 g/mol. The van der Waals surface area contributed by atoms with Crippen LogP contribution in [0.3, 0.4) is 0 Å². The fraction of sp³-hybridized carbons (Fsp3) is 0.722. The molecule has 0 amide bonds. The minimum Gasteiger partial charge on any atom is -0.598 e. The minimum atomic E-state index is -1.16. The molecule has 2 rings (SSSR count). The van der Waals surface area contributed by atoms with Crippen LogP contribution in [0.4, 0.5) is 0 Å². The zero-order valence-corrected chi connectivity index (χ0v) is 17.9. The second-order valence-corrected chi connectivity index (χ2v) is 10.4. The fourth-order valence-corrected chi connectivity index (χ4v) is 4.11. The number of aromatic nitrogens is 1. The van der Waals surface area contributed by atoms with Crippen molar-refractivity contribution in [3.05, 3.63) is 28.0 Å². The van der Waals surface area contributed by atoms with Crippen LogP contribution in [0.2, 0.25) is 0 Å². The normalized spacial score (nSPS) is 19.0. The van der Waals surface area contributed by atoms with Crippen molar-refractivity contribution in [1.29, 1.82) is 0 Å². The Labute approximate surface area is 162 Å². The molecule has 0 radical (unpaired) electrons. The van der Waals surface area contributed by atoms with Gasteiger partial charge in [-0.1, -0.05) is 0 Å². The molecule has 0 aliphatic carbocycles. The largest absolute Gasteiger partial charge is 0.598 e. The highest BCUT2D eigenvalue weighted by Gasteiger charge is 2.33. The molecular formula is C18H29BrN2O3S. The summed E-state index contributed by atoms with van der Waals surface area (Å²) in [4.78, 5) is 4.64.